The van der Waals surface area contributed by atoms with Crippen molar-refractivity contribution >= 4 is 11.8 Å². The first kappa shape index (κ1) is 14.6. The fourth-order valence-corrected chi connectivity index (χ4v) is 2.46. The molecule has 0 aromatic carbocycles. The summed E-state index contributed by atoms with van der Waals surface area (Å²) in [4.78, 5) is 0. The fraction of sp³-hybridized carbons (Fsp3) is 0.769. The standard InChI is InChI=1S/C13H25N3S/c1-10(9-17-13(3,4)5)15-11(2)12-7-14-16(6)8-12/h7-8,10-11,15H,9H2,1-6H3. The Morgan fingerprint density at radius 1 is 1.41 bits per heavy atom. The van der Waals surface area contributed by atoms with Crippen molar-refractivity contribution in [2.24, 2.45) is 7.05 Å². The molecule has 1 rings (SSSR count). The van der Waals surface area contributed by atoms with E-state index in [0.29, 0.717) is 16.8 Å². The van der Waals surface area contributed by atoms with Crippen LogP contribution in [0.4, 0.5) is 0 Å². The average Bonchev–Trinajstić information content (AvgIpc) is 2.61. The second-order valence-electron chi connectivity index (χ2n) is 5.66. The van der Waals surface area contributed by atoms with Crippen LogP contribution in [0.25, 0.3) is 0 Å². The van der Waals surface area contributed by atoms with Gasteiger partial charge < -0.3 is 5.32 Å². The molecule has 0 aliphatic carbocycles. The molecule has 0 radical (unpaired) electrons. The predicted octanol–water partition coefficient (Wildman–Crippen LogP) is 2.99. The molecule has 2 unspecified atom stereocenters. The van der Waals surface area contributed by atoms with Crippen molar-refractivity contribution in [1.29, 1.82) is 0 Å². The first-order valence-electron chi connectivity index (χ1n) is 6.16. The minimum Gasteiger partial charge on any atom is -0.307 e. The summed E-state index contributed by atoms with van der Waals surface area (Å²) in [6, 6.07) is 0.869. The number of thioether (sulfide) groups is 1. The molecule has 1 heterocycles. The van der Waals surface area contributed by atoms with E-state index in [1.165, 1.54) is 5.56 Å². The molecule has 0 saturated heterocycles. The Morgan fingerprint density at radius 2 is 2.06 bits per heavy atom. The number of aryl methyl sites for hydroxylation is 1. The Balaban J connectivity index is 2.38. The number of rotatable bonds is 5. The lowest BCUT2D eigenvalue weighted by atomic mass is 10.2. The fourth-order valence-electron chi connectivity index (χ4n) is 1.61. The smallest absolute Gasteiger partial charge is 0.0537 e. The molecule has 0 saturated carbocycles. The molecule has 98 valence electrons. The Hall–Kier alpha value is -0.480. The van der Waals surface area contributed by atoms with Crippen LogP contribution in [0.2, 0.25) is 0 Å². The van der Waals surface area contributed by atoms with Crippen molar-refractivity contribution in [1.82, 2.24) is 15.1 Å². The second-order valence-corrected chi connectivity index (χ2v) is 7.51. The highest BCUT2D eigenvalue weighted by molar-refractivity contribution is 8.00. The zero-order chi connectivity index (χ0) is 13.1. The summed E-state index contributed by atoms with van der Waals surface area (Å²) in [6.07, 6.45) is 4.00. The maximum atomic E-state index is 4.20. The molecule has 0 spiro atoms. The molecular formula is C13H25N3S. The Bertz CT molecular complexity index is 341. The molecule has 0 fully saturated rings. The van der Waals surface area contributed by atoms with Gasteiger partial charge in [0, 0.05) is 41.4 Å². The number of nitrogens with one attached hydrogen (secondary N) is 1. The van der Waals surface area contributed by atoms with Crippen molar-refractivity contribution in [3.8, 4) is 0 Å². The third-order valence-corrected chi connectivity index (χ3v) is 4.06. The van der Waals surface area contributed by atoms with Gasteiger partial charge >= 0.3 is 0 Å². The van der Waals surface area contributed by atoms with Gasteiger partial charge in [-0.2, -0.15) is 16.9 Å². The van der Waals surface area contributed by atoms with Crippen LogP contribution >= 0.6 is 11.8 Å². The highest BCUT2D eigenvalue weighted by Gasteiger charge is 2.15. The monoisotopic (exact) mass is 255 g/mol. The lowest BCUT2D eigenvalue weighted by Crippen LogP contribution is -2.32. The molecule has 0 aliphatic rings. The van der Waals surface area contributed by atoms with E-state index in [2.05, 4.69) is 51.2 Å². The Morgan fingerprint density at radius 3 is 2.53 bits per heavy atom. The molecule has 1 N–H and O–H groups in total. The SMILES string of the molecule is CC(CSC(C)(C)C)NC(C)c1cnn(C)c1. The minimum atomic E-state index is 0.341. The molecule has 0 bridgehead atoms. The molecule has 0 amide bonds. The zero-order valence-electron chi connectivity index (χ0n) is 11.8. The molecular weight excluding hydrogens is 230 g/mol. The Kier molecular flexibility index (Phi) is 5.07. The average molecular weight is 255 g/mol. The largest absolute Gasteiger partial charge is 0.307 e. The van der Waals surface area contributed by atoms with E-state index in [1.807, 2.05) is 29.7 Å². The highest BCUT2D eigenvalue weighted by Crippen LogP contribution is 2.24. The van der Waals surface area contributed by atoms with Gasteiger partial charge in [0.15, 0.2) is 0 Å². The molecule has 3 nitrogen and oxygen atoms in total. The third-order valence-electron chi connectivity index (χ3n) is 2.53. The van der Waals surface area contributed by atoms with Gasteiger partial charge in [0.25, 0.3) is 0 Å². The normalized spacial score (nSPS) is 15.9. The van der Waals surface area contributed by atoms with Crippen LogP contribution in [0.3, 0.4) is 0 Å². The van der Waals surface area contributed by atoms with Gasteiger partial charge in [-0.25, -0.2) is 0 Å². The molecule has 0 aliphatic heterocycles. The van der Waals surface area contributed by atoms with E-state index >= 15 is 0 Å². The van der Waals surface area contributed by atoms with Crippen LogP contribution in [-0.2, 0) is 7.05 Å². The summed E-state index contributed by atoms with van der Waals surface area (Å²) >= 11 is 2.00. The van der Waals surface area contributed by atoms with E-state index in [9.17, 15) is 0 Å². The topological polar surface area (TPSA) is 29.9 Å². The molecule has 4 heteroatoms. The van der Waals surface area contributed by atoms with Crippen LogP contribution < -0.4 is 5.32 Å². The summed E-state index contributed by atoms with van der Waals surface area (Å²) in [7, 11) is 1.95. The van der Waals surface area contributed by atoms with Crippen LogP contribution in [-0.4, -0.2) is 26.3 Å². The first-order valence-corrected chi connectivity index (χ1v) is 7.15. The van der Waals surface area contributed by atoms with Gasteiger partial charge in [-0.1, -0.05) is 20.8 Å². The van der Waals surface area contributed by atoms with Crippen LogP contribution in [0.15, 0.2) is 12.4 Å². The van der Waals surface area contributed by atoms with Crippen molar-refractivity contribution < 1.29 is 0 Å². The Labute approximate surface area is 109 Å². The minimum absolute atomic E-state index is 0.341. The zero-order valence-corrected chi connectivity index (χ0v) is 12.6. The molecule has 17 heavy (non-hydrogen) atoms. The van der Waals surface area contributed by atoms with Gasteiger partial charge in [0.1, 0.15) is 0 Å². The van der Waals surface area contributed by atoms with Crippen molar-refractivity contribution in [2.45, 2.75) is 51.4 Å². The molecule has 1 aromatic heterocycles. The van der Waals surface area contributed by atoms with E-state index < -0.39 is 0 Å². The van der Waals surface area contributed by atoms with Gasteiger partial charge in [0.05, 0.1) is 6.20 Å². The van der Waals surface area contributed by atoms with E-state index in [1.54, 1.807) is 0 Å². The summed E-state index contributed by atoms with van der Waals surface area (Å²) in [6.45, 7) is 11.2. The van der Waals surface area contributed by atoms with Crippen LogP contribution in [0.5, 0.6) is 0 Å². The van der Waals surface area contributed by atoms with Gasteiger partial charge in [-0.05, 0) is 13.8 Å². The summed E-state index contributed by atoms with van der Waals surface area (Å²) in [5, 5.41) is 7.81. The number of aromatic nitrogens is 2. The van der Waals surface area contributed by atoms with Crippen LogP contribution in [0.1, 0.15) is 46.2 Å². The molecule has 2 atom stereocenters. The number of hydrogen-bond acceptors (Lipinski definition) is 3. The van der Waals surface area contributed by atoms with Crippen LogP contribution in [0, 0.1) is 0 Å². The third kappa shape index (κ3) is 5.59. The second kappa shape index (κ2) is 5.91. The summed E-state index contributed by atoms with van der Waals surface area (Å²) in [5.74, 6) is 1.13. The van der Waals surface area contributed by atoms with Gasteiger partial charge in [-0.15, -0.1) is 0 Å². The van der Waals surface area contributed by atoms with E-state index in [4.69, 9.17) is 0 Å². The maximum Gasteiger partial charge on any atom is 0.0537 e. The summed E-state index contributed by atoms with van der Waals surface area (Å²) < 4.78 is 2.19. The predicted molar refractivity (Wildman–Crippen MR) is 76.4 cm³/mol. The number of hydrogen-bond donors (Lipinski definition) is 1. The van der Waals surface area contributed by atoms with Gasteiger partial charge in [-0.3, -0.25) is 4.68 Å². The van der Waals surface area contributed by atoms with E-state index in [-0.39, 0.29) is 0 Å². The lowest BCUT2D eigenvalue weighted by molar-refractivity contribution is 0.510. The van der Waals surface area contributed by atoms with E-state index in [0.717, 1.165) is 5.75 Å². The molecule has 1 aromatic rings. The maximum absolute atomic E-state index is 4.20. The van der Waals surface area contributed by atoms with Crippen molar-refractivity contribution in [3.05, 3.63) is 18.0 Å². The first-order chi connectivity index (χ1) is 7.78. The van der Waals surface area contributed by atoms with Crippen molar-refractivity contribution in [2.75, 3.05) is 5.75 Å². The lowest BCUT2D eigenvalue weighted by Gasteiger charge is -2.23. The van der Waals surface area contributed by atoms with Gasteiger partial charge in [0.2, 0.25) is 0 Å². The van der Waals surface area contributed by atoms with Crippen molar-refractivity contribution in [3.63, 3.8) is 0 Å². The highest BCUT2D eigenvalue weighted by atomic mass is 32.2. The number of nitrogens with zero attached hydrogens (tertiary/aromatic N) is 2. The summed E-state index contributed by atoms with van der Waals surface area (Å²) in [5.41, 5.74) is 1.25. The quantitative estimate of drug-likeness (QED) is 0.877.